The van der Waals surface area contributed by atoms with Gasteiger partial charge in [0.15, 0.2) is 0 Å². The fourth-order valence-corrected chi connectivity index (χ4v) is 1.90. The highest BCUT2D eigenvalue weighted by Gasteiger charge is 1.99. The molecule has 0 fully saturated rings. The summed E-state index contributed by atoms with van der Waals surface area (Å²) >= 11 is 7.62. The van der Waals surface area contributed by atoms with Crippen LogP contribution in [0.3, 0.4) is 0 Å². The highest BCUT2D eigenvalue weighted by Crippen LogP contribution is 2.20. The molecule has 1 aromatic rings. The van der Waals surface area contributed by atoms with E-state index in [9.17, 15) is 0 Å². The lowest BCUT2D eigenvalue weighted by atomic mass is 10.4. The number of benzene rings is 1. The molecule has 0 aliphatic rings. The quantitative estimate of drug-likeness (QED) is 0.775. The lowest BCUT2D eigenvalue weighted by Crippen LogP contribution is -2.23. The van der Waals surface area contributed by atoms with Gasteiger partial charge in [0.2, 0.25) is 0 Å². The second-order valence-electron chi connectivity index (χ2n) is 2.95. The largest absolute Gasteiger partial charge is 0.316 e. The van der Waals surface area contributed by atoms with Crippen LogP contribution in [0.25, 0.3) is 0 Å². The average Bonchev–Trinajstić information content (AvgIpc) is 2.16. The summed E-state index contributed by atoms with van der Waals surface area (Å²) in [7, 11) is 1.98. The molecule has 1 rings (SSSR count). The zero-order valence-electron chi connectivity index (χ0n) is 7.88. The van der Waals surface area contributed by atoms with E-state index in [0.29, 0.717) is 6.04 Å². The standard InChI is InChI=1S/C10H14ClNS/c1-8(12-2)7-13-10-5-3-9(11)4-6-10/h3-6,8,12H,7H2,1-2H3. The average molecular weight is 216 g/mol. The zero-order valence-corrected chi connectivity index (χ0v) is 9.45. The number of nitrogens with one attached hydrogen (secondary N) is 1. The first-order valence-corrected chi connectivity index (χ1v) is 5.64. The van der Waals surface area contributed by atoms with Crippen molar-refractivity contribution in [3.05, 3.63) is 29.3 Å². The second-order valence-corrected chi connectivity index (χ2v) is 4.48. The minimum Gasteiger partial charge on any atom is -0.316 e. The van der Waals surface area contributed by atoms with Crippen LogP contribution in [-0.2, 0) is 0 Å². The van der Waals surface area contributed by atoms with Gasteiger partial charge in [0.1, 0.15) is 0 Å². The summed E-state index contributed by atoms with van der Waals surface area (Å²) in [4.78, 5) is 1.27. The van der Waals surface area contributed by atoms with Crippen molar-refractivity contribution in [2.75, 3.05) is 12.8 Å². The van der Waals surface area contributed by atoms with Crippen molar-refractivity contribution in [3.8, 4) is 0 Å². The number of rotatable bonds is 4. The Morgan fingerprint density at radius 3 is 2.54 bits per heavy atom. The van der Waals surface area contributed by atoms with Crippen molar-refractivity contribution in [3.63, 3.8) is 0 Å². The van der Waals surface area contributed by atoms with E-state index < -0.39 is 0 Å². The molecule has 1 nitrogen and oxygen atoms in total. The molecule has 0 spiro atoms. The van der Waals surface area contributed by atoms with Crippen LogP contribution in [0.1, 0.15) is 6.92 Å². The molecule has 0 heterocycles. The van der Waals surface area contributed by atoms with Gasteiger partial charge in [-0.05, 0) is 38.2 Å². The van der Waals surface area contributed by atoms with Crippen LogP contribution in [-0.4, -0.2) is 18.8 Å². The maximum absolute atomic E-state index is 5.78. The van der Waals surface area contributed by atoms with Crippen LogP contribution in [0.15, 0.2) is 29.2 Å². The smallest absolute Gasteiger partial charge is 0.0406 e. The maximum Gasteiger partial charge on any atom is 0.0406 e. The lowest BCUT2D eigenvalue weighted by Gasteiger charge is -2.08. The Balaban J connectivity index is 2.41. The van der Waals surface area contributed by atoms with E-state index in [-0.39, 0.29) is 0 Å². The van der Waals surface area contributed by atoms with E-state index in [1.165, 1.54) is 4.90 Å². The third kappa shape index (κ3) is 4.03. The molecule has 0 radical (unpaired) electrons. The van der Waals surface area contributed by atoms with Crippen molar-refractivity contribution in [1.82, 2.24) is 5.32 Å². The first-order valence-electron chi connectivity index (χ1n) is 4.28. The molecule has 0 bridgehead atoms. The van der Waals surface area contributed by atoms with Crippen LogP contribution < -0.4 is 5.32 Å². The van der Waals surface area contributed by atoms with Crippen LogP contribution in [0.5, 0.6) is 0 Å². The Hall–Kier alpha value is -0.180. The second kappa shape index (κ2) is 5.53. The zero-order chi connectivity index (χ0) is 9.68. The first-order chi connectivity index (χ1) is 6.22. The van der Waals surface area contributed by atoms with Crippen molar-refractivity contribution in [1.29, 1.82) is 0 Å². The van der Waals surface area contributed by atoms with Crippen LogP contribution in [0.4, 0.5) is 0 Å². The van der Waals surface area contributed by atoms with Gasteiger partial charge < -0.3 is 5.32 Å². The summed E-state index contributed by atoms with van der Waals surface area (Å²) in [6.07, 6.45) is 0. The summed E-state index contributed by atoms with van der Waals surface area (Å²) in [6, 6.07) is 8.49. The van der Waals surface area contributed by atoms with Gasteiger partial charge >= 0.3 is 0 Å². The summed E-state index contributed by atoms with van der Waals surface area (Å²) < 4.78 is 0. The van der Waals surface area contributed by atoms with E-state index in [1.54, 1.807) is 0 Å². The van der Waals surface area contributed by atoms with Crippen LogP contribution in [0, 0.1) is 0 Å². The van der Waals surface area contributed by atoms with Crippen molar-refractivity contribution < 1.29 is 0 Å². The van der Waals surface area contributed by atoms with E-state index in [1.807, 2.05) is 30.9 Å². The van der Waals surface area contributed by atoms with Gasteiger partial charge in [0.25, 0.3) is 0 Å². The molecule has 0 amide bonds. The number of halogens is 1. The molecule has 1 N–H and O–H groups in total. The summed E-state index contributed by atoms with van der Waals surface area (Å²) in [5, 5.41) is 4.00. The third-order valence-electron chi connectivity index (χ3n) is 1.81. The van der Waals surface area contributed by atoms with Gasteiger partial charge in [0.05, 0.1) is 0 Å². The molecule has 0 aliphatic heterocycles. The molecule has 0 saturated heterocycles. The van der Waals surface area contributed by atoms with Gasteiger partial charge in [-0.25, -0.2) is 0 Å². The molecule has 3 heteroatoms. The molecule has 1 unspecified atom stereocenters. The Morgan fingerprint density at radius 1 is 1.38 bits per heavy atom. The Bertz CT molecular complexity index is 248. The number of hydrogen-bond acceptors (Lipinski definition) is 2. The molecule has 1 aromatic carbocycles. The van der Waals surface area contributed by atoms with E-state index in [4.69, 9.17) is 11.6 Å². The Morgan fingerprint density at radius 2 is 2.00 bits per heavy atom. The molecule has 0 aliphatic carbocycles. The fraction of sp³-hybridized carbons (Fsp3) is 0.400. The third-order valence-corrected chi connectivity index (χ3v) is 3.33. The molecule has 0 saturated carbocycles. The van der Waals surface area contributed by atoms with E-state index in [0.717, 1.165) is 10.8 Å². The summed E-state index contributed by atoms with van der Waals surface area (Å²) in [6.45, 7) is 2.17. The minimum atomic E-state index is 0.542. The lowest BCUT2D eigenvalue weighted by molar-refractivity contribution is 0.677. The highest BCUT2D eigenvalue weighted by molar-refractivity contribution is 7.99. The van der Waals surface area contributed by atoms with Gasteiger partial charge in [-0.3, -0.25) is 0 Å². The van der Waals surface area contributed by atoms with Gasteiger partial charge in [-0.2, -0.15) is 0 Å². The summed E-state index contributed by atoms with van der Waals surface area (Å²) in [5.74, 6) is 1.08. The fourth-order valence-electron chi connectivity index (χ4n) is 0.835. The predicted octanol–water partition coefficient (Wildman–Crippen LogP) is 3.04. The SMILES string of the molecule is CNC(C)CSc1ccc(Cl)cc1. The van der Waals surface area contributed by atoms with E-state index >= 15 is 0 Å². The molecule has 1 atom stereocenters. The number of hydrogen-bond donors (Lipinski definition) is 1. The molecular weight excluding hydrogens is 202 g/mol. The van der Waals surface area contributed by atoms with Gasteiger partial charge in [-0.1, -0.05) is 11.6 Å². The molecular formula is C10H14ClNS. The first kappa shape index (κ1) is 10.9. The molecule has 72 valence electrons. The maximum atomic E-state index is 5.78. The van der Waals surface area contributed by atoms with E-state index in [2.05, 4.69) is 24.4 Å². The minimum absolute atomic E-state index is 0.542. The van der Waals surface area contributed by atoms with Crippen molar-refractivity contribution >= 4 is 23.4 Å². The Labute approximate surface area is 88.9 Å². The number of thioether (sulfide) groups is 1. The van der Waals surface area contributed by atoms with Crippen LogP contribution >= 0.6 is 23.4 Å². The van der Waals surface area contributed by atoms with Crippen molar-refractivity contribution in [2.24, 2.45) is 0 Å². The molecule has 0 aromatic heterocycles. The topological polar surface area (TPSA) is 12.0 Å². The van der Waals surface area contributed by atoms with Gasteiger partial charge in [-0.15, -0.1) is 11.8 Å². The Kier molecular flexibility index (Phi) is 4.64. The normalized spacial score (nSPS) is 12.8. The monoisotopic (exact) mass is 215 g/mol. The highest BCUT2D eigenvalue weighted by atomic mass is 35.5. The molecule has 13 heavy (non-hydrogen) atoms. The van der Waals surface area contributed by atoms with Gasteiger partial charge in [0, 0.05) is 21.7 Å². The van der Waals surface area contributed by atoms with Crippen molar-refractivity contribution in [2.45, 2.75) is 17.9 Å². The van der Waals surface area contributed by atoms with Crippen LogP contribution in [0.2, 0.25) is 5.02 Å². The predicted molar refractivity (Wildman–Crippen MR) is 60.7 cm³/mol. The summed E-state index contributed by atoms with van der Waals surface area (Å²) in [5.41, 5.74) is 0.